The van der Waals surface area contributed by atoms with Crippen molar-refractivity contribution >= 4 is 11.6 Å². The molecule has 0 aliphatic heterocycles. The Bertz CT molecular complexity index is 476. The molecule has 86 valence electrons. The smallest absolute Gasteiger partial charge is 0.142 e. The van der Waals surface area contributed by atoms with Gasteiger partial charge in [-0.15, -0.1) is 0 Å². The minimum Gasteiger partial charge on any atom is -0.482 e. The second kappa shape index (κ2) is 5.55. The summed E-state index contributed by atoms with van der Waals surface area (Å²) in [5.41, 5.74) is 1.08. The fourth-order valence-electron chi connectivity index (χ4n) is 1.55. The third-order valence-electron chi connectivity index (χ3n) is 2.42. The van der Waals surface area contributed by atoms with E-state index in [1.807, 2.05) is 54.6 Å². The number of hydrogen-bond donors (Lipinski definition) is 0. The zero-order valence-corrected chi connectivity index (χ0v) is 10.1. The number of rotatable bonds is 4. The molecule has 0 aromatic heterocycles. The van der Waals surface area contributed by atoms with E-state index in [1.54, 1.807) is 6.08 Å². The van der Waals surface area contributed by atoms with E-state index in [2.05, 4.69) is 6.58 Å². The van der Waals surface area contributed by atoms with Crippen LogP contribution in [-0.4, -0.2) is 0 Å². The zero-order valence-electron chi connectivity index (χ0n) is 9.34. The van der Waals surface area contributed by atoms with Crippen LogP contribution in [0.2, 0.25) is 5.02 Å². The normalized spacial score (nSPS) is 11.8. The monoisotopic (exact) mass is 244 g/mol. The third kappa shape index (κ3) is 3.11. The molecular formula is C15H13ClO. The second-order valence-corrected chi connectivity index (χ2v) is 4.08. The van der Waals surface area contributed by atoms with Crippen molar-refractivity contribution in [2.45, 2.75) is 6.10 Å². The van der Waals surface area contributed by atoms with E-state index in [9.17, 15) is 0 Å². The van der Waals surface area contributed by atoms with Gasteiger partial charge >= 0.3 is 0 Å². The fourth-order valence-corrected chi connectivity index (χ4v) is 1.68. The van der Waals surface area contributed by atoms with Gasteiger partial charge in [-0.1, -0.05) is 48.5 Å². The minimum atomic E-state index is -0.141. The fraction of sp³-hybridized carbons (Fsp3) is 0.0667. The Kier molecular flexibility index (Phi) is 3.84. The highest BCUT2D eigenvalue weighted by Crippen LogP contribution is 2.23. The molecule has 0 unspecified atom stereocenters. The highest BCUT2D eigenvalue weighted by molar-refractivity contribution is 6.30. The molecular weight excluding hydrogens is 232 g/mol. The summed E-state index contributed by atoms with van der Waals surface area (Å²) in [4.78, 5) is 0. The lowest BCUT2D eigenvalue weighted by atomic mass is 10.1. The molecule has 2 aromatic rings. The molecule has 1 atom stereocenters. The van der Waals surface area contributed by atoms with Crippen LogP contribution in [0.15, 0.2) is 67.3 Å². The third-order valence-corrected chi connectivity index (χ3v) is 2.67. The van der Waals surface area contributed by atoms with Crippen molar-refractivity contribution in [3.63, 3.8) is 0 Å². The van der Waals surface area contributed by atoms with Gasteiger partial charge in [0, 0.05) is 5.02 Å². The first-order valence-corrected chi connectivity index (χ1v) is 5.77. The van der Waals surface area contributed by atoms with Gasteiger partial charge in [0.1, 0.15) is 11.9 Å². The van der Waals surface area contributed by atoms with Crippen molar-refractivity contribution in [3.05, 3.63) is 77.8 Å². The lowest BCUT2D eigenvalue weighted by Crippen LogP contribution is -2.03. The van der Waals surface area contributed by atoms with E-state index < -0.39 is 0 Å². The minimum absolute atomic E-state index is 0.141. The van der Waals surface area contributed by atoms with Crippen molar-refractivity contribution in [3.8, 4) is 5.75 Å². The van der Waals surface area contributed by atoms with E-state index in [0.29, 0.717) is 5.02 Å². The highest BCUT2D eigenvalue weighted by Gasteiger charge is 2.08. The summed E-state index contributed by atoms with van der Waals surface area (Å²) < 4.78 is 5.83. The molecule has 2 rings (SSSR count). The molecule has 17 heavy (non-hydrogen) atoms. The molecule has 0 saturated carbocycles. The van der Waals surface area contributed by atoms with Gasteiger partial charge in [-0.05, 0) is 35.9 Å². The quantitative estimate of drug-likeness (QED) is 0.712. The van der Waals surface area contributed by atoms with Crippen LogP contribution in [0.4, 0.5) is 0 Å². The zero-order chi connectivity index (χ0) is 12.1. The summed E-state index contributed by atoms with van der Waals surface area (Å²) in [5.74, 6) is 0.781. The molecule has 2 heteroatoms. The summed E-state index contributed by atoms with van der Waals surface area (Å²) in [7, 11) is 0. The standard InChI is InChI=1S/C15H13ClO/c1-2-15(12-6-4-3-5-7-12)17-14-10-8-13(16)9-11-14/h2-11,15H,1H2/t15-/m1/s1. The largest absolute Gasteiger partial charge is 0.482 e. The first kappa shape index (κ1) is 11.7. The molecule has 0 N–H and O–H groups in total. The van der Waals surface area contributed by atoms with Crippen LogP contribution in [-0.2, 0) is 0 Å². The molecule has 0 spiro atoms. The number of hydrogen-bond acceptors (Lipinski definition) is 1. The summed E-state index contributed by atoms with van der Waals surface area (Å²) in [6.45, 7) is 3.80. The van der Waals surface area contributed by atoms with Crippen molar-refractivity contribution < 1.29 is 4.74 Å². The van der Waals surface area contributed by atoms with Crippen molar-refractivity contribution in [2.75, 3.05) is 0 Å². The topological polar surface area (TPSA) is 9.23 Å². The Morgan fingerprint density at radius 2 is 1.65 bits per heavy atom. The maximum atomic E-state index is 5.83. The highest BCUT2D eigenvalue weighted by atomic mass is 35.5. The first-order chi connectivity index (χ1) is 8.29. The van der Waals surface area contributed by atoms with E-state index in [4.69, 9.17) is 16.3 Å². The van der Waals surface area contributed by atoms with Gasteiger partial charge < -0.3 is 4.74 Å². The van der Waals surface area contributed by atoms with Crippen molar-refractivity contribution in [1.29, 1.82) is 0 Å². The van der Waals surface area contributed by atoms with Crippen LogP contribution in [0.3, 0.4) is 0 Å². The number of ether oxygens (including phenoxy) is 1. The summed E-state index contributed by atoms with van der Waals surface area (Å²) in [5, 5.41) is 0.701. The molecule has 0 saturated heterocycles. The maximum absolute atomic E-state index is 5.83. The van der Waals surface area contributed by atoms with E-state index in [1.165, 1.54) is 0 Å². The van der Waals surface area contributed by atoms with Gasteiger partial charge in [0.25, 0.3) is 0 Å². The molecule has 2 aromatic carbocycles. The van der Waals surface area contributed by atoms with Gasteiger partial charge in [-0.3, -0.25) is 0 Å². The summed E-state index contributed by atoms with van der Waals surface area (Å²) in [6, 6.07) is 17.3. The van der Waals surface area contributed by atoms with E-state index in [-0.39, 0.29) is 6.10 Å². The Labute approximate surface area is 106 Å². The van der Waals surface area contributed by atoms with E-state index >= 15 is 0 Å². The Hall–Kier alpha value is -1.73. The SMILES string of the molecule is C=C[C@@H](Oc1ccc(Cl)cc1)c1ccccc1. The van der Waals surface area contributed by atoms with Crippen molar-refractivity contribution in [1.82, 2.24) is 0 Å². The molecule has 0 radical (unpaired) electrons. The van der Waals surface area contributed by atoms with E-state index in [0.717, 1.165) is 11.3 Å². The van der Waals surface area contributed by atoms with Crippen LogP contribution in [0, 0.1) is 0 Å². The molecule has 1 nitrogen and oxygen atoms in total. The molecule has 0 fully saturated rings. The lowest BCUT2D eigenvalue weighted by Gasteiger charge is -2.15. The predicted molar refractivity (Wildman–Crippen MR) is 71.5 cm³/mol. The molecule has 0 bridgehead atoms. The van der Waals surface area contributed by atoms with Crippen LogP contribution in [0.5, 0.6) is 5.75 Å². The Balaban J connectivity index is 2.16. The van der Waals surface area contributed by atoms with Crippen molar-refractivity contribution in [2.24, 2.45) is 0 Å². The first-order valence-electron chi connectivity index (χ1n) is 5.39. The predicted octanol–water partition coefficient (Wildman–Crippen LogP) is 4.65. The second-order valence-electron chi connectivity index (χ2n) is 3.64. The average Bonchev–Trinajstić information content (AvgIpc) is 2.39. The Morgan fingerprint density at radius 3 is 2.24 bits per heavy atom. The molecule has 0 amide bonds. The van der Waals surface area contributed by atoms with Gasteiger partial charge in [0.2, 0.25) is 0 Å². The van der Waals surface area contributed by atoms with Crippen LogP contribution in [0.1, 0.15) is 11.7 Å². The molecule has 0 heterocycles. The number of halogens is 1. The molecule has 0 aliphatic carbocycles. The summed E-state index contributed by atoms with van der Waals surface area (Å²) in [6.07, 6.45) is 1.64. The van der Waals surface area contributed by atoms with Gasteiger partial charge in [-0.2, -0.15) is 0 Å². The van der Waals surface area contributed by atoms with Crippen LogP contribution in [0.25, 0.3) is 0 Å². The molecule has 0 aliphatic rings. The maximum Gasteiger partial charge on any atom is 0.142 e. The van der Waals surface area contributed by atoms with Crippen LogP contribution >= 0.6 is 11.6 Å². The van der Waals surface area contributed by atoms with Gasteiger partial charge in [-0.25, -0.2) is 0 Å². The van der Waals surface area contributed by atoms with Crippen LogP contribution < -0.4 is 4.74 Å². The lowest BCUT2D eigenvalue weighted by molar-refractivity contribution is 0.256. The Morgan fingerprint density at radius 1 is 1.00 bits per heavy atom. The van der Waals surface area contributed by atoms with Gasteiger partial charge in [0.05, 0.1) is 0 Å². The number of benzene rings is 2. The summed E-state index contributed by atoms with van der Waals surface area (Å²) >= 11 is 5.82. The average molecular weight is 245 g/mol. The van der Waals surface area contributed by atoms with Gasteiger partial charge in [0.15, 0.2) is 0 Å².